The summed E-state index contributed by atoms with van der Waals surface area (Å²) in [6, 6.07) is 15.7. The number of aryl methyl sites for hydroxylation is 2. The smallest absolute Gasteiger partial charge is 0.338 e. The maximum Gasteiger partial charge on any atom is 0.338 e. The third-order valence-electron chi connectivity index (χ3n) is 6.03. The van der Waals surface area contributed by atoms with Gasteiger partial charge in [0.25, 0.3) is 0 Å². The maximum atomic E-state index is 13.0. The Labute approximate surface area is 204 Å². The number of thioether (sulfide) groups is 1. The Morgan fingerprint density at radius 2 is 1.91 bits per heavy atom. The van der Waals surface area contributed by atoms with Crippen LogP contribution in [-0.2, 0) is 20.9 Å². The molecule has 2 aliphatic heterocycles. The Kier molecular flexibility index (Phi) is 7.22. The monoisotopic (exact) mass is 475 g/mol. The van der Waals surface area contributed by atoms with Gasteiger partial charge in [0, 0.05) is 12.2 Å². The Balaban J connectivity index is 1.67. The summed E-state index contributed by atoms with van der Waals surface area (Å²) in [5.74, 6) is -0.475. The van der Waals surface area contributed by atoms with Gasteiger partial charge in [0.05, 0.1) is 30.8 Å². The number of nitrogens with one attached hydrogen (secondary N) is 1. The molecule has 2 heterocycles. The number of esters is 1. The summed E-state index contributed by atoms with van der Waals surface area (Å²) in [5, 5.41) is 5.75. The van der Waals surface area contributed by atoms with E-state index in [1.807, 2.05) is 61.4 Å². The first-order chi connectivity index (χ1) is 16.4. The van der Waals surface area contributed by atoms with Gasteiger partial charge in [-0.15, -0.1) is 0 Å². The highest BCUT2D eigenvalue weighted by molar-refractivity contribution is 8.16. The van der Waals surface area contributed by atoms with Crippen LogP contribution < -0.4 is 5.32 Å². The number of amides is 1. The van der Waals surface area contributed by atoms with E-state index in [1.165, 1.54) is 18.9 Å². The first-order valence-electron chi connectivity index (χ1n) is 11.4. The standard InChI is InChI=1S/C27H29N3O3S/c1-5-22-24(26(32)33-4)25(21-13-17(2)11-12-18(21)3)30-20(16-34-27(30)29-22)14-23(31)28-15-19-9-7-6-8-10-19/h6-13,16,25H,5,14-15H2,1-4H3,(H,28,31)/t25-/m0/s1. The van der Waals surface area contributed by atoms with Gasteiger partial charge in [0.15, 0.2) is 5.17 Å². The van der Waals surface area contributed by atoms with Gasteiger partial charge in [-0.3, -0.25) is 4.79 Å². The molecule has 7 heteroatoms. The van der Waals surface area contributed by atoms with Gasteiger partial charge in [-0.1, -0.05) is 72.8 Å². The van der Waals surface area contributed by atoms with Crippen molar-refractivity contribution in [1.82, 2.24) is 10.2 Å². The van der Waals surface area contributed by atoms with Crippen molar-refractivity contribution in [3.8, 4) is 0 Å². The number of nitrogens with zero attached hydrogens (tertiary/aromatic N) is 2. The Bertz CT molecular complexity index is 1200. The molecule has 6 nitrogen and oxygen atoms in total. The van der Waals surface area contributed by atoms with Crippen LogP contribution in [0.3, 0.4) is 0 Å². The molecule has 0 unspecified atom stereocenters. The van der Waals surface area contributed by atoms with E-state index in [9.17, 15) is 9.59 Å². The van der Waals surface area contributed by atoms with E-state index in [0.29, 0.717) is 18.5 Å². The number of carbonyl (C=O) groups excluding carboxylic acids is 2. The molecule has 1 amide bonds. The second-order valence-corrected chi connectivity index (χ2v) is 9.24. The van der Waals surface area contributed by atoms with Crippen LogP contribution in [0.1, 0.15) is 48.1 Å². The lowest BCUT2D eigenvalue weighted by molar-refractivity contribution is -0.136. The van der Waals surface area contributed by atoms with Gasteiger partial charge in [-0.05, 0) is 42.4 Å². The van der Waals surface area contributed by atoms with E-state index in [2.05, 4.69) is 23.5 Å². The minimum Gasteiger partial charge on any atom is -0.466 e. The zero-order valence-electron chi connectivity index (χ0n) is 19.9. The lowest BCUT2D eigenvalue weighted by Crippen LogP contribution is -2.38. The average molecular weight is 476 g/mol. The van der Waals surface area contributed by atoms with Gasteiger partial charge in [-0.25, -0.2) is 9.79 Å². The van der Waals surface area contributed by atoms with Crippen LogP contribution in [0.5, 0.6) is 0 Å². The highest BCUT2D eigenvalue weighted by Gasteiger charge is 2.42. The maximum absolute atomic E-state index is 13.0. The zero-order valence-corrected chi connectivity index (χ0v) is 20.7. The van der Waals surface area contributed by atoms with Crippen LogP contribution in [0.4, 0.5) is 0 Å². The molecule has 0 radical (unpaired) electrons. The number of allylic oxidation sites excluding steroid dienone is 1. The Hall–Kier alpha value is -3.32. The highest BCUT2D eigenvalue weighted by atomic mass is 32.2. The molecule has 0 aliphatic carbocycles. The summed E-state index contributed by atoms with van der Waals surface area (Å²) in [5.41, 5.74) is 6.29. The van der Waals surface area contributed by atoms with Crippen LogP contribution in [0, 0.1) is 13.8 Å². The molecule has 0 spiro atoms. The number of benzene rings is 2. The number of hydrogen-bond donors (Lipinski definition) is 1. The SMILES string of the molecule is CCC1=C(C(=O)OC)[C@H](c2cc(C)ccc2C)N2C(CC(=O)NCc3ccccc3)=CSC2=N1. The Morgan fingerprint density at radius 1 is 1.15 bits per heavy atom. The molecule has 2 aliphatic rings. The number of amidine groups is 1. The molecule has 0 fully saturated rings. The van der Waals surface area contributed by atoms with Crippen LogP contribution in [0.2, 0.25) is 0 Å². The first kappa shape index (κ1) is 23.8. The normalized spacial score (nSPS) is 17.2. The summed E-state index contributed by atoms with van der Waals surface area (Å²) < 4.78 is 5.20. The largest absolute Gasteiger partial charge is 0.466 e. The van der Waals surface area contributed by atoms with Crippen LogP contribution in [0.25, 0.3) is 0 Å². The summed E-state index contributed by atoms with van der Waals surface area (Å²) in [6.07, 6.45) is 0.798. The van der Waals surface area contributed by atoms with Crippen LogP contribution >= 0.6 is 11.8 Å². The lowest BCUT2D eigenvalue weighted by atomic mass is 9.89. The molecule has 0 saturated heterocycles. The second kappa shape index (κ2) is 10.3. The average Bonchev–Trinajstić information content (AvgIpc) is 3.25. The van der Waals surface area contributed by atoms with E-state index in [4.69, 9.17) is 9.73 Å². The first-order valence-corrected chi connectivity index (χ1v) is 12.2. The molecular weight excluding hydrogens is 446 g/mol. The molecule has 176 valence electrons. The molecule has 2 aromatic rings. The van der Waals surface area contributed by atoms with Crippen molar-refractivity contribution in [2.75, 3.05) is 7.11 Å². The predicted molar refractivity (Wildman–Crippen MR) is 136 cm³/mol. The molecule has 0 saturated carbocycles. The van der Waals surface area contributed by atoms with Crippen molar-refractivity contribution in [1.29, 1.82) is 0 Å². The van der Waals surface area contributed by atoms with E-state index in [0.717, 1.165) is 38.8 Å². The molecule has 34 heavy (non-hydrogen) atoms. The molecule has 1 N–H and O–H groups in total. The van der Waals surface area contributed by atoms with Crippen molar-refractivity contribution in [3.05, 3.63) is 93.2 Å². The minimum absolute atomic E-state index is 0.0819. The second-order valence-electron chi connectivity index (χ2n) is 8.40. The summed E-state index contributed by atoms with van der Waals surface area (Å²) in [7, 11) is 1.40. The van der Waals surface area contributed by atoms with E-state index < -0.39 is 12.0 Å². The Morgan fingerprint density at radius 3 is 2.62 bits per heavy atom. The van der Waals surface area contributed by atoms with Gasteiger partial charge in [-0.2, -0.15) is 0 Å². The quantitative estimate of drug-likeness (QED) is 0.561. The number of hydrogen-bond acceptors (Lipinski definition) is 6. The van der Waals surface area contributed by atoms with Crippen molar-refractivity contribution < 1.29 is 14.3 Å². The van der Waals surface area contributed by atoms with Gasteiger partial charge in [0.1, 0.15) is 0 Å². The number of methoxy groups -OCH3 is 1. The predicted octanol–water partition coefficient (Wildman–Crippen LogP) is 5.15. The number of carbonyl (C=O) groups is 2. The molecule has 1 atom stereocenters. The van der Waals surface area contributed by atoms with E-state index >= 15 is 0 Å². The van der Waals surface area contributed by atoms with Crippen molar-refractivity contribution in [2.45, 2.75) is 46.2 Å². The minimum atomic E-state index is -0.405. The summed E-state index contributed by atoms with van der Waals surface area (Å²) >= 11 is 1.49. The fourth-order valence-electron chi connectivity index (χ4n) is 4.28. The van der Waals surface area contributed by atoms with Crippen LogP contribution in [-0.4, -0.2) is 29.1 Å². The van der Waals surface area contributed by atoms with Crippen LogP contribution in [0.15, 0.2) is 75.9 Å². The van der Waals surface area contributed by atoms with Crippen molar-refractivity contribution in [2.24, 2.45) is 4.99 Å². The molecule has 4 rings (SSSR count). The summed E-state index contributed by atoms with van der Waals surface area (Å²) in [6.45, 7) is 6.54. The molecular formula is C27H29N3O3S. The van der Waals surface area contributed by atoms with Crippen molar-refractivity contribution in [3.63, 3.8) is 0 Å². The number of fused-ring (bicyclic) bond motifs is 1. The molecule has 0 aromatic heterocycles. The lowest BCUT2D eigenvalue weighted by Gasteiger charge is -2.37. The highest BCUT2D eigenvalue weighted by Crippen LogP contribution is 2.46. The fourth-order valence-corrected chi connectivity index (χ4v) is 5.22. The summed E-state index contributed by atoms with van der Waals surface area (Å²) in [4.78, 5) is 32.7. The van der Waals surface area contributed by atoms with Gasteiger partial charge in [0.2, 0.25) is 5.91 Å². The van der Waals surface area contributed by atoms with Crippen molar-refractivity contribution >= 4 is 28.8 Å². The van der Waals surface area contributed by atoms with Gasteiger partial charge < -0.3 is 15.0 Å². The molecule has 2 aromatic carbocycles. The topological polar surface area (TPSA) is 71.0 Å². The van der Waals surface area contributed by atoms with Gasteiger partial charge >= 0.3 is 5.97 Å². The van der Waals surface area contributed by atoms with E-state index in [1.54, 1.807) is 0 Å². The van der Waals surface area contributed by atoms with E-state index in [-0.39, 0.29) is 12.3 Å². The zero-order chi connectivity index (χ0) is 24.2. The fraction of sp³-hybridized carbons (Fsp3) is 0.296. The third kappa shape index (κ3) is 4.80. The number of rotatable bonds is 7. The third-order valence-corrected chi connectivity index (χ3v) is 6.92. The molecule has 0 bridgehead atoms. The number of ether oxygens (including phenoxy) is 1. The number of aliphatic imine (C=N–C) groups is 1.